The van der Waals surface area contributed by atoms with E-state index in [2.05, 4.69) is 21.0 Å². The Morgan fingerprint density at radius 2 is 1.82 bits per heavy atom. The van der Waals surface area contributed by atoms with E-state index in [4.69, 9.17) is 13.7 Å². The van der Waals surface area contributed by atoms with Crippen molar-refractivity contribution in [3.63, 3.8) is 0 Å². The maximum Gasteiger partial charge on any atom is 0.362 e. The molecule has 0 saturated heterocycles. The van der Waals surface area contributed by atoms with E-state index >= 15 is 0 Å². The van der Waals surface area contributed by atoms with Crippen LogP contribution in [0.3, 0.4) is 0 Å². The van der Waals surface area contributed by atoms with Crippen LogP contribution in [0.1, 0.15) is 37.2 Å². The quantitative estimate of drug-likeness (QED) is 0.210. The molecule has 0 spiro atoms. The highest BCUT2D eigenvalue weighted by Gasteiger charge is 2.25. The Hall–Kier alpha value is -3.18. The van der Waals surface area contributed by atoms with Crippen LogP contribution in [0.15, 0.2) is 68.8 Å². The van der Waals surface area contributed by atoms with Gasteiger partial charge >= 0.3 is 16.1 Å². The molecular weight excluding hydrogens is 528 g/mol. The van der Waals surface area contributed by atoms with Gasteiger partial charge < -0.3 is 13.7 Å². The molecule has 3 aromatic rings. The summed E-state index contributed by atoms with van der Waals surface area (Å²) >= 11 is 3.31. The maximum atomic E-state index is 12.9. The largest absolute Gasteiger partial charge is 0.494 e. The molecule has 0 N–H and O–H groups in total. The standard InChI is InChI=1S/C23H23BrN2O7S/c1-3-5-13-32-18-9-11-19(12-10-18)34(29,30)33-20-15-21(27)26(17-8-6-7-16(24)14-17)25-22(20)23(28)31-4-2/h6-12,14-15H,3-5,13H2,1-2H3. The molecule has 0 bridgehead atoms. The number of esters is 1. The highest BCUT2D eigenvalue weighted by Crippen LogP contribution is 2.24. The molecule has 3 rings (SSSR count). The number of aromatic nitrogens is 2. The molecule has 0 aliphatic carbocycles. The van der Waals surface area contributed by atoms with Gasteiger partial charge in [0.25, 0.3) is 5.56 Å². The number of hydrogen-bond donors (Lipinski definition) is 0. The fourth-order valence-electron chi connectivity index (χ4n) is 2.84. The van der Waals surface area contributed by atoms with Crippen LogP contribution in [0.2, 0.25) is 0 Å². The minimum atomic E-state index is -4.39. The number of hydrogen-bond acceptors (Lipinski definition) is 8. The zero-order valence-electron chi connectivity index (χ0n) is 18.6. The fourth-order valence-corrected chi connectivity index (χ4v) is 4.16. The van der Waals surface area contributed by atoms with Gasteiger partial charge in [0.15, 0.2) is 5.75 Å². The van der Waals surface area contributed by atoms with Gasteiger partial charge in [0.2, 0.25) is 5.69 Å². The van der Waals surface area contributed by atoms with E-state index in [1.807, 2.05) is 6.92 Å². The third-order valence-corrected chi connectivity index (χ3v) is 6.24. The molecular formula is C23H23BrN2O7S. The SMILES string of the molecule is CCCCOc1ccc(S(=O)(=O)Oc2cc(=O)n(-c3cccc(Br)c3)nc2C(=O)OCC)cc1. The Morgan fingerprint density at radius 3 is 2.47 bits per heavy atom. The fraction of sp³-hybridized carbons (Fsp3) is 0.261. The summed E-state index contributed by atoms with van der Waals surface area (Å²) in [5.41, 5.74) is -0.793. The molecule has 0 amide bonds. The van der Waals surface area contributed by atoms with Gasteiger partial charge in [-0.15, -0.1) is 0 Å². The van der Waals surface area contributed by atoms with Gasteiger partial charge in [0, 0.05) is 4.47 Å². The molecule has 11 heteroatoms. The van der Waals surface area contributed by atoms with Crippen LogP contribution >= 0.6 is 15.9 Å². The first-order chi connectivity index (χ1) is 16.2. The number of carbonyl (C=O) groups is 1. The predicted molar refractivity (Wildman–Crippen MR) is 128 cm³/mol. The van der Waals surface area contributed by atoms with Crippen molar-refractivity contribution in [3.8, 4) is 17.2 Å². The molecule has 0 saturated carbocycles. The molecule has 34 heavy (non-hydrogen) atoms. The molecule has 0 atom stereocenters. The van der Waals surface area contributed by atoms with Crippen LogP contribution in [0.4, 0.5) is 0 Å². The minimum Gasteiger partial charge on any atom is -0.494 e. The number of carbonyl (C=O) groups excluding carboxylic acids is 1. The van der Waals surface area contributed by atoms with Crippen molar-refractivity contribution in [2.75, 3.05) is 13.2 Å². The molecule has 0 fully saturated rings. The Balaban J connectivity index is 1.97. The first-order valence-electron chi connectivity index (χ1n) is 10.5. The van der Waals surface area contributed by atoms with E-state index in [-0.39, 0.29) is 11.5 Å². The van der Waals surface area contributed by atoms with Crippen LogP contribution < -0.4 is 14.5 Å². The summed E-state index contributed by atoms with van der Waals surface area (Å²) in [6.45, 7) is 4.15. The summed E-state index contributed by atoms with van der Waals surface area (Å²) in [4.78, 5) is 25.1. The second-order valence-corrected chi connectivity index (χ2v) is 9.48. The number of benzene rings is 2. The molecule has 0 aliphatic rings. The zero-order valence-corrected chi connectivity index (χ0v) is 21.0. The Morgan fingerprint density at radius 1 is 1.09 bits per heavy atom. The first-order valence-corrected chi connectivity index (χ1v) is 12.7. The molecule has 1 aromatic heterocycles. The number of halogens is 1. The van der Waals surface area contributed by atoms with Gasteiger partial charge in [-0.05, 0) is 55.8 Å². The maximum absolute atomic E-state index is 12.9. The van der Waals surface area contributed by atoms with Crippen molar-refractivity contribution < 1.29 is 26.9 Å². The molecule has 9 nitrogen and oxygen atoms in total. The molecule has 0 radical (unpaired) electrons. The average Bonchev–Trinajstić information content (AvgIpc) is 2.79. The van der Waals surface area contributed by atoms with E-state index in [9.17, 15) is 18.0 Å². The third kappa shape index (κ3) is 6.23. The van der Waals surface area contributed by atoms with E-state index in [1.54, 1.807) is 31.2 Å². The minimum absolute atomic E-state index is 0.0161. The highest BCUT2D eigenvalue weighted by atomic mass is 79.9. The zero-order chi connectivity index (χ0) is 24.7. The lowest BCUT2D eigenvalue weighted by Gasteiger charge is -2.13. The van der Waals surface area contributed by atoms with Crippen LogP contribution in [-0.4, -0.2) is 37.4 Å². The summed E-state index contributed by atoms with van der Waals surface area (Å²) in [5.74, 6) is -0.952. The van der Waals surface area contributed by atoms with Gasteiger partial charge in [-0.2, -0.15) is 18.2 Å². The summed E-state index contributed by atoms with van der Waals surface area (Å²) in [5, 5.41) is 4.04. The van der Waals surface area contributed by atoms with E-state index in [1.165, 1.54) is 24.3 Å². The lowest BCUT2D eigenvalue weighted by molar-refractivity contribution is 0.0515. The van der Waals surface area contributed by atoms with Gasteiger partial charge in [-0.1, -0.05) is 35.3 Å². The number of unbranched alkanes of at least 4 members (excludes halogenated alkanes) is 1. The lowest BCUT2D eigenvalue weighted by Crippen LogP contribution is -2.26. The first kappa shape index (κ1) is 25.4. The van der Waals surface area contributed by atoms with Crippen LogP contribution in [-0.2, 0) is 14.9 Å². The van der Waals surface area contributed by atoms with Crippen molar-refractivity contribution in [2.24, 2.45) is 0 Å². The molecule has 2 aromatic carbocycles. The van der Waals surface area contributed by atoms with Crippen LogP contribution in [0.5, 0.6) is 11.5 Å². The second-order valence-electron chi connectivity index (χ2n) is 7.02. The molecule has 0 aliphatic heterocycles. The van der Waals surface area contributed by atoms with Crippen molar-refractivity contribution in [1.82, 2.24) is 9.78 Å². The summed E-state index contributed by atoms with van der Waals surface area (Å²) < 4.78 is 43.0. The van der Waals surface area contributed by atoms with E-state index in [0.717, 1.165) is 23.6 Å². The van der Waals surface area contributed by atoms with Crippen molar-refractivity contribution in [1.29, 1.82) is 0 Å². The third-order valence-electron chi connectivity index (χ3n) is 4.50. The molecule has 0 unspecified atom stereocenters. The summed E-state index contributed by atoms with van der Waals surface area (Å²) in [6, 6.07) is 13.2. The molecule has 180 valence electrons. The highest BCUT2D eigenvalue weighted by molar-refractivity contribution is 9.10. The van der Waals surface area contributed by atoms with Gasteiger partial charge in [0.1, 0.15) is 10.6 Å². The topological polar surface area (TPSA) is 114 Å². The predicted octanol–water partition coefficient (Wildman–Crippen LogP) is 4.12. The normalized spacial score (nSPS) is 11.1. The van der Waals surface area contributed by atoms with E-state index in [0.29, 0.717) is 22.5 Å². The smallest absolute Gasteiger partial charge is 0.362 e. The van der Waals surface area contributed by atoms with Crippen LogP contribution in [0, 0.1) is 0 Å². The lowest BCUT2D eigenvalue weighted by atomic mass is 10.3. The Kier molecular flexibility index (Phi) is 8.46. The van der Waals surface area contributed by atoms with Gasteiger partial charge in [-0.25, -0.2) is 4.79 Å². The van der Waals surface area contributed by atoms with Gasteiger partial charge in [-0.3, -0.25) is 4.79 Å². The van der Waals surface area contributed by atoms with Crippen molar-refractivity contribution in [3.05, 3.63) is 75.1 Å². The van der Waals surface area contributed by atoms with Crippen molar-refractivity contribution in [2.45, 2.75) is 31.6 Å². The van der Waals surface area contributed by atoms with Crippen molar-refractivity contribution >= 4 is 32.0 Å². The number of nitrogens with zero attached hydrogens (tertiary/aromatic N) is 2. The monoisotopic (exact) mass is 550 g/mol. The van der Waals surface area contributed by atoms with Gasteiger partial charge in [0.05, 0.1) is 25.0 Å². The second kappa shape index (κ2) is 11.3. The Bertz CT molecular complexity index is 1320. The summed E-state index contributed by atoms with van der Waals surface area (Å²) in [6.07, 6.45) is 1.84. The number of ether oxygens (including phenoxy) is 2. The molecule has 1 heterocycles. The van der Waals surface area contributed by atoms with E-state index < -0.39 is 33.1 Å². The Labute approximate surface area is 205 Å². The average molecular weight is 551 g/mol. The number of rotatable bonds is 10. The van der Waals surface area contributed by atoms with Crippen LogP contribution in [0.25, 0.3) is 5.69 Å². The summed E-state index contributed by atoms with van der Waals surface area (Å²) in [7, 11) is -4.39.